The standard InChI is InChI=1S/C15H12BrFN2OS/c16-12-6-2-1-5-11(12)9-18-19-15(20)10-21-14-8-4-3-7-13(14)17/h1-9H,10H2,(H,19,20)/b18-9+. The molecule has 0 aliphatic heterocycles. The maximum absolute atomic E-state index is 13.4. The summed E-state index contributed by atoms with van der Waals surface area (Å²) in [5.74, 6) is -0.507. The summed E-state index contributed by atoms with van der Waals surface area (Å²) in [7, 11) is 0. The number of nitrogens with zero attached hydrogens (tertiary/aromatic N) is 1. The molecule has 0 fully saturated rings. The molecule has 2 rings (SSSR count). The lowest BCUT2D eigenvalue weighted by molar-refractivity contribution is -0.118. The van der Waals surface area contributed by atoms with E-state index in [1.807, 2.05) is 24.3 Å². The van der Waals surface area contributed by atoms with Crippen LogP contribution < -0.4 is 5.43 Å². The van der Waals surface area contributed by atoms with E-state index in [0.29, 0.717) is 4.90 Å². The number of thioether (sulfide) groups is 1. The highest BCUT2D eigenvalue weighted by molar-refractivity contribution is 9.10. The van der Waals surface area contributed by atoms with Crippen molar-refractivity contribution in [2.45, 2.75) is 4.90 Å². The van der Waals surface area contributed by atoms with Gasteiger partial charge < -0.3 is 0 Å². The zero-order valence-electron chi connectivity index (χ0n) is 10.9. The van der Waals surface area contributed by atoms with Gasteiger partial charge in [-0.2, -0.15) is 5.10 Å². The van der Waals surface area contributed by atoms with Crippen LogP contribution in [0, 0.1) is 5.82 Å². The Bertz CT molecular complexity index is 664. The topological polar surface area (TPSA) is 41.5 Å². The van der Waals surface area contributed by atoms with Crippen LogP contribution in [0.4, 0.5) is 4.39 Å². The molecule has 0 aliphatic carbocycles. The predicted octanol–water partition coefficient (Wildman–Crippen LogP) is 3.83. The lowest BCUT2D eigenvalue weighted by Gasteiger charge is -2.02. The van der Waals surface area contributed by atoms with Gasteiger partial charge in [-0.15, -0.1) is 11.8 Å². The van der Waals surface area contributed by atoms with Crippen LogP contribution in [0.1, 0.15) is 5.56 Å². The first-order valence-corrected chi connectivity index (χ1v) is 7.88. The Labute approximate surface area is 134 Å². The van der Waals surface area contributed by atoms with Gasteiger partial charge in [0.2, 0.25) is 5.91 Å². The summed E-state index contributed by atoms with van der Waals surface area (Å²) in [5.41, 5.74) is 3.28. The first-order valence-electron chi connectivity index (χ1n) is 6.10. The normalized spacial score (nSPS) is 10.8. The third-order valence-corrected chi connectivity index (χ3v) is 4.26. The van der Waals surface area contributed by atoms with Crippen LogP contribution >= 0.6 is 27.7 Å². The van der Waals surface area contributed by atoms with Gasteiger partial charge in [-0.3, -0.25) is 4.79 Å². The van der Waals surface area contributed by atoms with E-state index >= 15 is 0 Å². The summed E-state index contributed by atoms with van der Waals surface area (Å²) in [6.07, 6.45) is 1.55. The Morgan fingerprint density at radius 1 is 1.24 bits per heavy atom. The van der Waals surface area contributed by atoms with Crippen molar-refractivity contribution in [1.82, 2.24) is 5.43 Å². The number of carbonyl (C=O) groups excluding carboxylic acids is 1. The van der Waals surface area contributed by atoms with Crippen LogP contribution in [-0.2, 0) is 4.79 Å². The SMILES string of the molecule is O=C(CSc1ccccc1F)N/N=C/c1ccccc1Br. The van der Waals surface area contributed by atoms with Gasteiger partial charge in [0.05, 0.1) is 12.0 Å². The average molecular weight is 367 g/mol. The van der Waals surface area contributed by atoms with Crippen LogP contribution in [0.3, 0.4) is 0 Å². The predicted molar refractivity (Wildman–Crippen MR) is 87.0 cm³/mol. The Balaban J connectivity index is 1.83. The van der Waals surface area contributed by atoms with E-state index in [9.17, 15) is 9.18 Å². The van der Waals surface area contributed by atoms with E-state index in [2.05, 4.69) is 26.5 Å². The number of hydrogen-bond donors (Lipinski definition) is 1. The number of amides is 1. The van der Waals surface area contributed by atoms with Crippen molar-refractivity contribution in [1.29, 1.82) is 0 Å². The van der Waals surface area contributed by atoms with Gasteiger partial charge >= 0.3 is 0 Å². The van der Waals surface area contributed by atoms with Crippen molar-refractivity contribution in [2.24, 2.45) is 5.10 Å². The minimum Gasteiger partial charge on any atom is -0.272 e. The monoisotopic (exact) mass is 366 g/mol. The molecule has 1 N–H and O–H groups in total. The van der Waals surface area contributed by atoms with Gasteiger partial charge in [0.25, 0.3) is 0 Å². The second kappa shape index (κ2) is 7.95. The molecule has 0 bridgehead atoms. The Morgan fingerprint density at radius 3 is 2.71 bits per heavy atom. The van der Waals surface area contributed by atoms with Crippen molar-refractivity contribution in [2.75, 3.05) is 5.75 Å². The van der Waals surface area contributed by atoms with Crippen molar-refractivity contribution < 1.29 is 9.18 Å². The maximum atomic E-state index is 13.4. The van der Waals surface area contributed by atoms with Gasteiger partial charge in [0.1, 0.15) is 5.82 Å². The second-order valence-electron chi connectivity index (χ2n) is 4.03. The molecule has 1 amide bonds. The first-order chi connectivity index (χ1) is 10.2. The minimum absolute atomic E-state index is 0.105. The number of nitrogens with one attached hydrogen (secondary N) is 1. The lowest BCUT2D eigenvalue weighted by atomic mass is 10.2. The first kappa shape index (κ1) is 15.7. The molecular weight excluding hydrogens is 355 g/mol. The quantitative estimate of drug-likeness (QED) is 0.496. The largest absolute Gasteiger partial charge is 0.272 e. The second-order valence-corrected chi connectivity index (χ2v) is 5.91. The number of halogens is 2. The highest BCUT2D eigenvalue weighted by Crippen LogP contribution is 2.20. The Kier molecular flexibility index (Phi) is 5.95. The summed E-state index contributed by atoms with van der Waals surface area (Å²) in [6, 6.07) is 13.9. The van der Waals surface area contributed by atoms with E-state index in [1.54, 1.807) is 24.4 Å². The third-order valence-electron chi connectivity index (χ3n) is 2.49. The number of hydrogen-bond acceptors (Lipinski definition) is 3. The van der Waals surface area contributed by atoms with Crippen LogP contribution in [0.25, 0.3) is 0 Å². The summed E-state index contributed by atoms with van der Waals surface area (Å²) in [5, 5.41) is 3.88. The molecule has 0 saturated carbocycles. The van der Waals surface area contributed by atoms with E-state index in [0.717, 1.165) is 21.8 Å². The molecule has 21 heavy (non-hydrogen) atoms. The van der Waals surface area contributed by atoms with Gasteiger partial charge in [-0.1, -0.05) is 46.3 Å². The molecule has 0 saturated heterocycles. The average Bonchev–Trinajstić information content (AvgIpc) is 2.48. The molecule has 0 radical (unpaired) electrons. The number of carbonyl (C=O) groups is 1. The van der Waals surface area contributed by atoms with Crippen molar-refractivity contribution in [3.05, 3.63) is 64.4 Å². The van der Waals surface area contributed by atoms with Gasteiger partial charge in [-0.25, -0.2) is 9.82 Å². The zero-order valence-corrected chi connectivity index (χ0v) is 13.3. The summed E-state index contributed by atoms with van der Waals surface area (Å²) >= 11 is 4.52. The fraction of sp³-hybridized carbons (Fsp3) is 0.0667. The fourth-order valence-corrected chi connectivity index (χ4v) is 2.61. The van der Waals surface area contributed by atoms with Crippen molar-refractivity contribution >= 4 is 39.8 Å². The van der Waals surface area contributed by atoms with Crippen LogP contribution in [0.5, 0.6) is 0 Å². The summed E-state index contributed by atoms with van der Waals surface area (Å²) < 4.78 is 14.3. The molecule has 0 aliphatic rings. The summed E-state index contributed by atoms with van der Waals surface area (Å²) in [6.45, 7) is 0. The number of benzene rings is 2. The van der Waals surface area contributed by atoms with Crippen molar-refractivity contribution in [3.63, 3.8) is 0 Å². The highest BCUT2D eigenvalue weighted by atomic mass is 79.9. The van der Waals surface area contributed by atoms with E-state index in [4.69, 9.17) is 0 Å². The molecule has 6 heteroatoms. The van der Waals surface area contributed by atoms with Gasteiger partial charge in [0, 0.05) is 14.9 Å². The van der Waals surface area contributed by atoms with Gasteiger partial charge in [-0.05, 0) is 18.2 Å². The van der Waals surface area contributed by atoms with E-state index < -0.39 is 0 Å². The lowest BCUT2D eigenvalue weighted by Crippen LogP contribution is -2.19. The smallest absolute Gasteiger partial charge is 0.250 e. The molecular formula is C15H12BrFN2OS. The minimum atomic E-state index is -0.327. The number of hydrazone groups is 1. The molecule has 0 unspecified atom stereocenters. The van der Waals surface area contributed by atoms with Gasteiger partial charge in [0.15, 0.2) is 0 Å². The van der Waals surface area contributed by atoms with E-state index in [1.165, 1.54) is 6.07 Å². The molecule has 2 aromatic carbocycles. The fourth-order valence-electron chi connectivity index (χ4n) is 1.49. The Hall–Kier alpha value is -1.66. The molecule has 0 aromatic heterocycles. The molecule has 0 spiro atoms. The van der Waals surface area contributed by atoms with Crippen LogP contribution in [0.2, 0.25) is 0 Å². The van der Waals surface area contributed by atoms with E-state index in [-0.39, 0.29) is 17.5 Å². The van der Waals surface area contributed by atoms with Crippen LogP contribution in [-0.4, -0.2) is 17.9 Å². The molecule has 108 valence electrons. The molecule has 2 aromatic rings. The number of rotatable bonds is 5. The maximum Gasteiger partial charge on any atom is 0.250 e. The van der Waals surface area contributed by atoms with Crippen LogP contribution in [0.15, 0.2) is 63.0 Å². The highest BCUT2D eigenvalue weighted by Gasteiger charge is 2.05. The third kappa shape index (κ3) is 4.99. The zero-order chi connectivity index (χ0) is 15.1. The Morgan fingerprint density at radius 2 is 1.95 bits per heavy atom. The molecule has 3 nitrogen and oxygen atoms in total. The molecule has 0 atom stereocenters. The van der Waals surface area contributed by atoms with Crippen molar-refractivity contribution in [3.8, 4) is 0 Å². The molecule has 0 heterocycles. The summed E-state index contributed by atoms with van der Waals surface area (Å²) in [4.78, 5) is 12.1.